The number of thioether (sulfide) groups is 1. The maximum Gasteiger partial charge on any atom is 0.0495 e. The van der Waals surface area contributed by atoms with Gasteiger partial charge in [0.15, 0.2) is 0 Å². The van der Waals surface area contributed by atoms with Gasteiger partial charge in [-0.3, -0.25) is 0 Å². The van der Waals surface area contributed by atoms with Crippen molar-refractivity contribution in [3.05, 3.63) is 102 Å². The van der Waals surface area contributed by atoms with Gasteiger partial charge in [0.25, 0.3) is 0 Å². The van der Waals surface area contributed by atoms with Crippen molar-refractivity contribution in [1.29, 1.82) is 0 Å². The third-order valence-corrected chi connectivity index (χ3v) is 5.68. The number of benzene rings is 3. The average Bonchev–Trinajstić information content (AvgIpc) is 3.00. The van der Waals surface area contributed by atoms with Crippen molar-refractivity contribution in [2.75, 3.05) is 0 Å². The SMILES string of the molecule is Cc1ccccc1CSc1cn(Cc2ccccc2)c2ccccc12. The fourth-order valence-corrected chi connectivity index (χ4v) is 4.33. The van der Waals surface area contributed by atoms with E-state index in [0.29, 0.717) is 0 Å². The lowest BCUT2D eigenvalue weighted by atomic mass is 10.1. The van der Waals surface area contributed by atoms with Crippen molar-refractivity contribution in [2.45, 2.75) is 24.1 Å². The van der Waals surface area contributed by atoms with Gasteiger partial charge in [-0.1, -0.05) is 72.8 Å². The molecule has 4 rings (SSSR count). The van der Waals surface area contributed by atoms with Crippen molar-refractivity contribution < 1.29 is 0 Å². The van der Waals surface area contributed by atoms with Gasteiger partial charge in [0.05, 0.1) is 0 Å². The molecule has 0 N–H and O–H groups in total. The summed E-state index contributed by atoms with van der Waals surface area (Å²) < 4.78 is 2.37. The first kappa shape index (κ1) is 16.0. The fraction of sp³-hybridized carbons (Fsp3) is 0.130. The molecule has 0 aliphatic carbocycles. The molecule has 4 aromatic rings. The molecule has 0 bridgehead atoms. The Morgan fingerprint density at radius 2 is 1.52 bits per heavy atom. The summed E-state index contributed by atoms with van der Waals surface area (Å²) in [6, 6.07) is 28.0. The topological polar surface area (TPSA) is 4.93 Å². The first-order valence-electron chi connectivity index (χ1n) is 8.60. The molecule has 3 aromatic carbocycles. The molecule has 0 fully saturated rings. The van der Waals surface area contributed by atoms with Crippen LogP contribution in [0.5, 0.6) is 0 Å². The standard InChI is InChI=1S/C23H21NS/c1-18-9-5-6-12-20(18)17-25-23-16-24(15-19-10-3-2-4-11-19)22-14-8-7-13-21(22)23/h2-14,16H,15,17H2,1H3. The second-order valence-electron chi connectivity index (χ2n) is 6.34. The van der Waals surface area contributed by atoms with Gasteiger partial charge in [0.1, 0.15) is 0 Å². The van der Waals surface area contributed by atoms with E-state index in [0.717, 1.165) is 12.3 Å². The molecular formula is C23H21NS. The molecule has 1 nitrogen and oxygen atoms in total. The quantitative estimate of drug-likeness (QED) is 0.385. The number of aromatic nitrogens is 1. The van der Waals surface area contributed by atoms with Crippen LogP contribution in [0.1, 0.15) is 16.7 Å². The lowest BCUT2D eigenvalue weighted by Gasteiger charge is -2.05. The number of hydrogen-bond donors (Lipinski definition) is 0. The highest BCUT2D eigenvalue weighted by molar-refractivity contribution is 7.98. The largest absolute Gasteiger partial charge is 0.342 e. The van der Waals surface area contributed by atoms with Crippen LogP contribution in [0.2, 0.25) is 0 Å². The van der Waals surface area contributed by atoms with Crippen molar-refractivity contribution >= 4 is 22.7 Å². The maximum absolute atomic E-state index is 2.37. The molecule has 25 heavy (non-hydrogen) atoms. The van der Waals surface area contributed by atoms with E-state index in [-0.39, 0.29) is 0 Å². The van der Waals surface area contributed by atoms with Crippen LogP contribution in [0.25, 0.3) is 10.9 Å². The first-order chi connectivity index (χ1) is 12.3. The van der Waals surface area contributed by atoms with Gasteiger partial charge in [-0.2, -0.15) is 0 Å². The lowest BCUT2D eigenvalue weighted by molar-refractivity contribution is 0.830. The zero-order valence-electron chi connectivity index (χ0n) is 14.4. The van der Waals surface area contributed by atoms with E-state index in [1.54, 1.807) is 0 Å². The molecule has 0 unspecified atom stereocenters. The Balaban J connectivity index is 1.64. The van der Waals surface area contributed by atoms with E-state index in [1.165, 1.54) is 32.5 Å². The number of para-hydroxylation sites is 1. The van der Waals surface area contributed by atoms with Gasteiger partial charge in [-0.25, -0.2) is 0 Å². The van der Waals surface area contributed by atoms with E-state index >= 15 is 0 Å². The third kappa shape index (κ3) is 3.49. The predicted octanol–water partition coefficient (Wildman–Crippen LogP) is 6.29. The zero-order chi connectivity index (χ0) is 17.1. The monoisotopic (exact) mass is 343 g/mol. The molecule has 0 spiro atoms. The molecule has 1 aromatic heterocycles. The molecule has 2 heteroatoms. The minimum absolute atomic E-state index is 0.909. The zero-order valence-corrected chi connectivity index (χ0v) is 15.2. The Labute approximate surface area is 153 Å². The summed E-state index contributed by atoms with van der Waals surface area (Å²) in [4.78, 5) is 1.36. The normalized spacial score (nSPS) is 11.1. The van der Waals surface area contributed by atoms with Crippen LogP contribution in [-0.2, 0) is 12.3 Å². The number of rotatable bonds is 5. The van der Waals surface area contributed by atoms with Crippen molar-refractivity contribution in [3.8, 4) is 0 Å². The van der Waals surface area contributed by atoms with E-state index in [9.17, 15) is 0 Å². The number of nitrogens with zero attached hydrogens (tertiary/aromatic N) is 1. The molecule has 0 radical (unpaired) electrons. The third-order valence-electron chi connectivity index (χ3n) is 4.59. The molecular weight excluding hydrogens is 322 g/mol. The molecule has 0 aliphatic heterocycles. The van der Waals surface area contributed by atoms with Gasteiger partial charge < -0.3 is 4.57 Å². The smallest absolute Gasteiger partial charge is 0.0495 e. The molecule has 0 saturated carbocycles. The van der Waals surface area contributed by atoms with Crippen LogP contribution in [0.4, 0.5) is 0 Å². The Hall–Kier alpha value is -2.45. The summed E-state index contributed by atoms with van der Waals surface area (Å²) in [6.45, 7) is 3.10. The van der Waals surface area contributed by atoms with Crippen molar-refractivity contribution in [3.63, 3.8) is 0 Å². The van der Waals surface area contributed by atoms with Gasteiger partial charge in [-0.05, 0) is 29.7 Å². The van der Waals surface area contributed by atoms with Crippen molar-refractivity contribution in [1.82, 2.24) is 4.57 Å². The van der Waals surface area contributed by atoms with E-state index in [1.807, 2.05) is 11.8 Å². The van der Waals surface area contributed by atoms with Crippen LogP contribution in [0.15, 0.2) is 90.0 Å². The van der Waals surface area contributed by atoms with Crippen LogP contribution in [-0.4, -0.2) is 4.57 Å². The molecule has 124 valence electrons. The van der Waals surface area contributed by atoms with Gasteiger partial charge in [0.2, 0.25) is 0 Å². The van der Waals surface area contributed by atoms with Crippen LogP contribution < -0.4 is 0 Å². The minimum Gasteiger partial charge on any atom is -0.342 e. The Morgan fingerprint density at radius 3 is 2.36 bits per heavy atom. The molecule has 1 heterocycles. The molecule has 0 amide bonds. The summed E-state index contributed by atoms with van der Waals surface area (Å²) in [5.41, 5.74) is 5.41. The highest BCUT2D eigenvalue weighted by atomic mass is 32.2. The number of fused-ring (bicyclic) bond motifs is 1. The van der Waals surface area contributed by atoms with Gasteiger partial charge in [-0.15, -0.1) is 11.8 Å². The summed E-state index contributed by atoms with van der Waals surface area (Å²) in [5.74, 6) is 1.01. The Morgan fingerprint density at radius 1 is 0.800 bits per heavy atom. The van der Waals surface area contributed by atoms with Crippen LogP contribution >= 0.6 is 11.8 Å². The second kappa shape index (κ2) is 7.20. The fourth-order valence-electron chi connectivity index (χ4n) is 3.17. The number of hydrogen-bond acceptors (Lipinski definition) is 1. The highest BCUT2D eigenvalue weighted by Gasteiger charge is 2.09. The second-order valence-corrected chi connectivity index (χ2v) is 7.36. The van der Waals surface area contributed by atoms with Crippen molar-refractivity contribution in [2.24, 2.45) is 0 Å². The first-order valence-corrected chi connectivity index (χ1v) is 9.59. The average molecular weight is 343 g/mol. The van der Waals surface area contributed by atoms with E-state index < -0.39 is 0 Å². The van der Waals surface area contributed by atoms with Gasteiger partial charge in [0, 0.05) is 34.3 Å². The summed E-state index contributed by atoms with van der Waals surface area (Å²) in [7, 11) is 0. The summed E-state index contributed by atoms with van der Waals surface area (Å²) in [5, 5.41) is 1.34. The lowest BCUT2D eigenvalue weighted by Crippen LogP contribution is -1.97. The number of aryl methyl sites for hydroxylation is 1. The van der Waals surface area contributed by atoms with Gasteiger partial charge >= 0.3 is 0 Å². The Bertz CT molecular complexity index is 985. The molecule has 0 atom stereocenters. The van der Waals surface area contributed by atoms with Crippen LogP contribution in [0.3, 0.4) is 0 Å². The van der Waals surface area contributed by atoms with Crippen LogP contribution in [0, 0.1) is 6.92 Å². The minimum atomic E-state index is 0.909. The van der Waals surface area contributed by atoms with E-state index in [4.69, 9.17) is 0 Å². The summed E-state index contributed by atoms with van der Waals surface area (Å²) in [6.07, 6.45) is 2.31. The maximum atomic E-state index is 2.37. The predicted molar refractivity (Wildman–Crippen MR) is 108 cm³/mol. The molecule has 0 saturated heterocycles. The van der Waals surface area contributed by atoms with E-state index in [2.05, 4.69) is 96.6 Å². The highest BCUT2D eigenvalue weighted by Crippen LogP contribution is 2.33. The molecule has 0 aliphatic rings. The Kier molecular flexibility index (Phi) is 4.62. The summed E-state index contributed by atoms with van der Waals surface area (Å²) >= 11 is 1.93.